The molecular formula is C14H20N2O2. The molecule has 4 nitrogen and oxygen atoms in total. The summed E-state index contributed by atoms with van der Waals surface area (Å²) in [5.41, 5.74) is 8.16. The fourth-order valence-corrected chi connectivity index (χ4v) is 2.61. The molecule has 2 rings (SSSR count). The number of ether oxygens (including phenoxy) is 1. The maximum Gasteiger partial charge on any atom is 0.337 e. The zero-order valence-electron chi connectivity index (χ0n) is 11.0. The van der Waals surface area contributed by atoms with E-state index in [4.69, 9.17) is 5.73 Å². The fourth-order valence-electron chi connectivity index (χ4n) is 2.61. The van der Waals surface area contributed by atoms with Crippen molar-refractivity contribution in [3.05, 3.63) is 23.8 Å². The Morgan fingerprint density at radius 2 is 2.06 bits per heavy atom. The monoisotopic (exact) mass is 248 g/mol. The van der Waals surface area contributed by atoms with Gasteiger partial charge in [0.15, 0.2) is 0 Å². The Morgan fingerprint density at radius 1 is 1.39 bits per heavy atom. The number of hydrogen-bond acceptors (Lipinski definition) is 4. The molecule has 0 aromatic heterocycles. The second kappa shape index (κ2) is 5.29. The van der Waals surface area contributed by atoms with Gasteiger partial charge in [-0.1, -0.05) is 12.8 Å². The van der Waals surface area contributed by atoms with Crippen molar-refractivity contribution in [3.8, 4) is 0 Å². The number of anilines is 2. The minimum Gasteiger partial charge on any atom is -0.465 e. The molecule has 2 N–H and O–H groups in total. The third kappa shape index (κ3) is 2.42. The van der Waals surface area contributed by atoms with Crippen LogP contribution in [0.1, 0.15) is 36.0 Å². The summed E-state index contributed by atoms with van der Waals surface area (Å²) in [4.78, 5) is 13.6. The van der Waals surface area contributed by atoms with E-state index in [0.29, 0.717) is 17.3 Å². The summed E-state index contributed by atoms with van der Waals surface area (Å²) in [5.74, 6) is -0.350. The van der Waals surface area contributed by atoms with E-state index in [1.807, 2.05) is 6.07 Å². The summed E-state index contributed by atoms with van der Waals surface area (Å²) < 4.78 is 4.68. The lowest BCUT2D eigenvalue weighted by atomic mass is 10.1. The van der Waals surface area contributed by atoms with Crippen molar-refractivity contribution in [3.63, 3.8) is 0 Å². The molecule has 0 atom stereocenters. The van der Waals surface area contributed by atoms with Crippen LogP contribution in [-0.2, 0) is 4.74 Å². The van der Waals surface area contributed by atoms with Crippen molar-refractivity contribution < 1.29 is 9.53 Å². The second-order valence-corrected chi connectivity index (χ2v) is 4.81. The van der Waals surface area contributed by atoms with Gasteiger partial charge in [0.25, 0.3) is 0 Å². The molecule has 0 saturated heterocycles. The van der Waals surface area contributed by atoms with Crippen LogP contribution >= 0.6 is 0 Å². The number of carbonyl (C=O) groups is 1. The highest BCUT2D eigenvalue weighted by Gasteiger charge is 2.21. The molecule has 0 aliphatic heterocycles. The van der Waals surface area contributed by atoms with Crippen molar-refractivity contribution >= 4 is 17.3 Å². The van der Waals surface area contributed by atoms with E-state index < -0.39 is 0 Å². The van der Waals surface area contributed by atoms with Gasteiger partial charge in [0.2, 0.25) is 0 Å². The van der Waals surface area contributed by atoms with Crippen LogP contribution in [0.25, 0.3) is 0 Å². The fraction of sp³-hybridized carbons (Fsp3) is 0.500. The van der Waals surface area contributed by atoms with Gasteiger partial charge in [-0.15, -0.1) is 0 Å². The van der Waals surface area contributed by atoms with Crippen molar-refractivity contribution in [1.82, 2.24) is 0 Å². The number of nitrogen functional groups attached to an aromatic ring is 1. The molecule has 1 aliphatic carbocycles. The molecule has 1 fully saturated rings. The van der Waals surface area contributed by atoms with Crippen molar-refractivity contribution in [2.45, 2.75) is 31.7 Å². The molecule has 0 bridgehead atoms. The van der Waals surface area contributed by atoms with Gasteiger partial charge in [0.05, 0.1) is 24.0 Å². The van der Waals surface area contributed by atoms with Gasteiger partial charge in [-0.25, -0.2) is 4.79 Å². The number of rotatable bonds is 3. The number of methoxy groups -OCH3 is 1. The van der Waals surface area contributed by atoms with Crippen LogP contribution in [0.2, 0.25) is 0 Å². The number of nitrogens with two attached hydrogens (primary N) is 1. The molecular weight excluding hydrogens is 228 g/mol. The summed E-state index contributed by atoms with van der Waals surface area (Å²) >= 11 is 0. The zero-order valence-corrected chi connectivity index (χ0v) is 11.0. The van der Waals surface area contributed by atoms with Gasteiger partial charge in [-0.2, -0.15) is 0 Å². The highest BCUT2D eigenvalue weighted by Crippen LogP contribution is 2.31. The lowest BCUT2D eigenvalue weighted by molar-refractivity contribution is 0.0601. The van der Waals surface area contributed by atoms with Crippen LogP contribution in [0.4, 0.5) is 11.4 Å². The second-order valence-electron chi connectivity index (χ2n) is 4.81. The van der Waals surface area contributed by atoms with Gasteiger partial charge >= 0.3 is 5.97 Å². The van der Waals surface area contributed by atoms with Gasteiger partial charge in [-0.3, -0.25) is 0 Å². The Bertz CT molecular complexity index is 439. The third-order valence-electron chi connectivity index (χ3n) is 3.70. The minimum absolute atomic E-state index is 0.350. The third-order valence-corrected chi connectivity index (χ3v) is 3.70. The van der Waals surface area contributed by atoms with Crippen molar-refractivity contribution in [2.75, 3.05) is 24.8 Å². The van der Waals surface area contributed by atoms with Gasteiger partial charge in [0, 0.05) is 13.1 Å². The van der Waals surface area contributed by atoms with E-state index in [1.54, 1.807) is 12.1 Å². The molecule has 0 radical (unpaired) electrons. The molecule has 1 aromatic rings. The summed E-state index contributed by atoms with van der Waals surface area (Å²) in [6.07, 6.45) is 5.01. The smallest absolute Gasteiger partial charge is 0.337 e. The predicted octanol–water partition coefficient (Wildman–Crippen LogP) is 2.43. The number of nitrogens with zero attached hydrogens (tertiary/aromatic N) is 1. The van der Waals surface area contributed by atoms with Crippen LogP contribution in [0.15, 0.2) is 18.2 Å². The average molecular weight is 248 g/mol. The predicted molar refractivity (Wildman–Crippen MR) is 72.9 cm³/mol. The number of carbonyl (C=O) groups excluding carboxylic acids is 1. The highest BCUT2D eigenvalue weighted by molar-refractivity contribution is 5.91. The maximum atomic E-state index is 11.4. The number of esters is 1. The van der Waals surface area contributed by atoms with Crippen molar-refractivity contribution in [2.24, 2.45) is 0 Å². The van der Waals surface area contributed by atoms with Gasteiger partial charge < -0.3 is 15.4 Å². The van der Waals surface area contributed by atoms with E-state index in [0.717, 1.165) is 5.69 Å². The first kappa shape index (κ1) is 12.7. The summed E-state index contributed by atoms with van der Waals surface area (Å²) in [7, 11) is 3.44. The first-order valence-corrected chi connectivity index (χ1v) is 6.34. The average Bonchev–Trinajstić information content (AvgIpc) is 2.90. The topological polar surface area (TPSA) is 55.6 Å². The lowest BCUT2D eigenvalue weighted by Gasteiger charge is -2.27. The molecule has 0 spiro atoms. The summed E-state index contributed by atoms with van der Waals surface area (Å²) in [5, 5.41) is 0. The van der Waals surface area contributed by atoms with E-state index in [9.17, 15) is 4.79 Å². The van der Waals surface area contributed by atoms with Gasteiger partial charge in [-0.05, 0) is 31.0 Å². The van der Waals surface area contributed by atoms with Crippen LogP contribution in [0.5, 0.6) is 0 Å². The van der Waals surface area contributed by atoms with E-state index >= 15 is 0 Å². The Labute approximate surface area is 108 Å². The van der Waals surface area contributed by atoms with Crippen LogP contribution in [0, 0.1) is 0 Å². The quantitative estimate of drug-likeness (QED) is 0.659. The maximum absolute atomic E-state index is 11.4. The summed E-state index contributed by atoms with van der Waals surface area (Å²) in [6.45, 7) is 0. The normalized spacial score (nSPS) is 15.7. The molecule has 1 aromatic carbocycles. The molecule has 18 heavy (non-hydrogen) atoms. The Kier molecular flexibility index (Phi) is 3.75. The first-order chi connectivity index (χ1) is 8.63. The summed E-state index contributed by atoms with van der Waals surface area (Å²) in [6, 6.07) is 5.92. The van der Waals surface area contributed by atoms with E-state index in [-0.39, 0.29) is 5.97 Å². The molecule has 0 heterocycles. The minimum atomic E-state index is -0.350. The molecule has 98 valence electrons. The number of benzene rings is 1. The van der Waals surface area contributed by atoms with E-state index in [2.05, 4.69) is 16.7 Å². The standard InChI is InChI=1S/C14H20N2O2/c1-16(11-5-3-4-6-11)13-8-7-10(9-12(13)15)14(17)18-2/h7-9,11H,3-6,15H2,1-2H3. The molecule has 1 aliphatic rings. The van der Waals surface area contributed by atoms with Gasteiger partial charge in [0.1, 0.15) is 0 Å². The number of hydrogen-bond donors (Lipinski definition) is 1. The Balaban J connectivity index is 2.21. The zero-order chi connectivity index (χ0) is 13.1. The Morgan fingerprint density at radius 3 is 2.61 bits per heavy atom. The van der Waals surface area contributed by atoms with E-state index in [1.165, 1.54) is 32.8 Å². The van der Waals surface area contributed by atoms with Crippen LogP contribution in [0.3, 0.4) is 0 Å². The molecule has 1 saturated carbocycles. The van der Waals surface area contributed by atoms with Crippen LogP contribution in [-0.4, -0.2) is 26.2 Å². The molecule has 4 heteroatoms. The molecule has 0 amide bonds. The Hall–Kier alpha value is -1.71. The lowest BCUT2D eigenvalue weighted by Crippen LogP contribution is -2.29. The highest BCUT2D eigenvalue weighted by atomic mass is 16.5. The SMILES string of the molecule is COC(=O)c1ccc(N(C)C2CCCC2)c(N)c1. The van der Waals surface area contributed by atoms with Crippen molar-refractivity contribution in [1.29, 1.82) is 0 Å². The molecule has 0 unspecified atom stereocenters. The largest absolute Gasteiger partial charge is 0.465 e. The first-order valence-electron chi connectivity index (χ1n) is 6.34. The van der Waals surface area contributed by atoms with Crippen LogP contribution < -0.4 is 10.6 Å².